The standard InChI is InChI=1S/C23H26N4O2S/c1-2-29-22(28)19-9-12-27(13-10-19)16-17-8-11-24-21(14-17)26-23-25-15-20(30-23)18-6-4-3-5-7-18/h3-8,11,14-15,19H,2,9-10,12-13,16H2,1H3,(H,24,25,26). The lowest BCUT2D eigenvalue weighted by atomic mass is 9.97. The van der Waals surface area contributed by atoms with Gasteiger partial charge in [-0.1, -0.05) is 41.7 Å². The number of piperidine rings is 1. The lowest BCUT2D eigenvalue weighted by Gasteiger charge is -2.30. The van der Waals surface area contributed by atoms with Crippen LogP contribution in [0.4, 0.5) is 10.9 Å². The van der Waals surface area contributed by atoms with Crippen LogP contribution in [0.15, 0.2) is 54.9 Å². The third-order valence-electron chi connectivity index (χ3n) is 5.24. The van der Waals surface area contributed by atoms with E-state index in [4.69, 9.17) is 4.74 Å². The van der Waals surface area contributed by atoms with Crippen molar-refractivity contribution >= 4 is 28.3 Å². The van der Waals surface area contributed by atoms with Crippen molar-refractivity contribution in [2.75, 3.05) is 25.0 Å². The number of hydrogen-bond acceptors (Lipinski definition) is 7. The molecular formula is C23H26N4O2S. The Kier molecular flexibility index (Phi) is 6.71. The first-order chi connectivity index (χ1) is 14.7. The summed E-state index contributed by atoms with van der Waals surface area (Å²) in [6, 6.07) is 14.4. The normalized spacial score (nSPS) is 15.1. The van der Waals surface area contributed by atoms with Gasteiger partial charge in [0, 0.05) is 18.9 Å². The molecule has 30 heavy (non-hydrogen) atoms. The Morgan fingerprint density at radius 2 is 2.00 bits per heavy atom. The van der Waals surface area contributed by atoms with Crippen LogP contribution in [-0.2, 0) is 16.1 Å². The van der Waals surface area contributed by atoms with Crippen LogP contribution >= 0.6 is 11.3 Å². The van der Waals surface area contributed by atoms with E-state index in [1.165, 1.54) is 5.56 Å². The molecule has 0 radical (unpaired) electrons. The van der Waals surface area contributed by atoms with Gasteiger partial charge >= 0.3 is 5.97 Å². The zero-order valence-electron chi connectivity index (χ0n) is 17.1. The van der Waals surface area contributed by atoms with Gasteiger partial charge in [0.2, 0.25) is 0 Å². The fourth-order valence-electron chi connectivity index (χ4n) is 3.66. The molecule has 0 unspecified atom stereocenters. The molecule has 2 aromatic heterocycles. The van der Waals surface area contributed by atoms with Crippen molar-refractivity contribution in [3.63, 3.8) is 0 Å². The Labute approximate surface area is 180 Å². The second kappa shape index (κ2) is 9.82. The van der Waals surface area contributed by atoms with Crippen LogP contribution in [0.1, 0.15) is 25.3 Å². The van der Waals surface area contributed by atoms with E-state index in [0.29, 0.717) is 6.61 Å². The van der Waals surface area contributed by atoms with Crippen LogP contribution in [-0.4, -0.2) is 40.5 Å². The molecule has 7 heteroatoms. The number of thiazole rings is 1. The number of benzene rings is 1. The van der Waals surface area contributed by atoms with Gasteiger partial charge < -0.3 is 10.1 Å². The fourth-order valence-corrected chi connectivity index (χ4v) is 4.49. The van der Waals surface area contributed by atoms with Gasteiger partial charge in [-0.15, -0.1) is 0 Å². The van der Waals surface area contributed by atoms with Crippen LogP contribution in [0.5, 0.6) is 0 Å². The molecule has 1 N–H and O–H groups in total. The smallest absolute Gasteiger partial charge is 0.309 e. The van der Waals surface area contributed by atoms with Gasteiger partial charge in [0.15, 0.2) is 5.13 Å². The van der Waals surface area contributed by atoms with Gasteiger partial charge in [0.05, 0.1) is 17.4 Å². The van der Waals surface area contributed by atoms with E-state index in [2.05, 4.69) is 38.4 Å². The molecule has 3 heterocycles. The second-order valence-electron chi connectivity index (χ2n) is 7.37. The SMILES string of the molecule is CCOC(=O)C1CCN(Cc2ccnc(Nc3ncc(-c4ccccc4)s3)c2)CC1. The summed E-state index contributed by atoms with van der Waals surface area (Å²) in [5.41, 5.74) is 2.36. The van der Waals surface area contributed by atoms with Gasteiger partial charge in [0.25, 0.3) is 0 Å². The summed E-state index contributed by atoms with van der Waals surface area (Å²) >= 11 is 1.61. The van der Waals surface area contributed by atoms with Crippen LogP contribution in [0.2, 0.25) is 0 Å². The predicted octanol–water partition coefficient (Wildman–Crippen LogP) is 4.72. The van der Waals surface area contributed by atoms with Crippen LogP contribution < -0.4 is 5.32 Å². The summed E-state index contributed by atoms with van der Waals surface area (Å²) in [5, 5.41) is 4.15. The predicted molar refractivity (Wildman–Crippen MR) is 120 cm³/mol. The molecule has 4 rings (SSSR count). The molecule has 6 nitrogen and oxygen atoms in total. The van der Waals surface area contributed by atoms with Crippen LogP contribution in [0, 0.1) is 5.92 Å². The van der Waals surface area contributed by atoms with Crippen molar-refractivity contribution in [1.29, 1.82) is 0 Å². The largest absolute Gasteiger partial charge is 0.466 e. The van der Waals surface area contributed by atoms with E-state index in [9.17, 15) is 4.79 Å². The molecule has 1 aromatic carbocycles. The molecule has 1 aliphatic rings. The third-order valence-corrected chi connectivity index (χ3v) is 6.20. The average Bonchev–Trinajstić information content (AvgIpc) is 3.24. The first-order valence-corrected chi connectivity index (χ1v) is 11.1. The Balaban J connectivity index is 1.34. The highest BCUT2D eigenvalue weighted by molar-refractivity contribution is 7.18. The maximum atomic E-state index is 11.9. The number of esters is 1. The average molecular weight is 423 g/mol. The summed E-state index contributed by atoms with van der Waals surface area (Å²) < 4.78 is 5.16. The van der Waals surface area contributed by atoms with Crippen molar-refractivity contribution in [3.8, 4) is 10.4 Å². The molecule has 1 saturated heterocycles. The van der Waals surface area contributed by atoms with E-state index in [1.54, 1.807) is 11.3 Å². The minimum atomic E-state index is -0.0501. The number of likely N-dealkylation sites (tertiary alicyclic amines) is 1. The van der Waals surface area contributed by atoms with Crippen molar-refractivity contribution in [2.45, 2.75) is 26.3 Å². The summed E-state index contributed by atoms with van der Waals surface area (Å²) in [7, 11) is 0. The maximum absolute atomic E-state index is 11.9. The molecule has 3 aromatic rings. The summed E-state index contributed by atoms with van der Waals surface area (Å²) in [4.78, 5) is 24.3. The van der Waals surface area contributed by atoms with Gasteiger partial charge in [-0.3, -0.25) is 9.69 Å². The minimum Gasteiger partial charge on any atom is -0.466 e. The molecule has 0 saturated carbocycles. The van der Waals surface area contributed by atoms with Crippen LogP contribution in [0.3, 0.4) is 0 Å². The number of carbonyl (C=O) groups excluding carboxylic acids is 1. The van der Waals surface area contributed by atoms with Crippen molar-refractivity contribution in [3.05, 3.63) is 60.4 Å². The second-order valence-corrected chi connectivity index (χ2v) is 8.40. The van der Waals surface area contributed by atoms with Gasteiger partial charge in [-0.05, 0) is 56.1 Å². The highest BCUT2D eigenvalue weighted by Gasteiger charge is 2.25. The first-order valence-electron chi connectivity index (χ1n) is 10.3. The quantitative estimate of drug-likeness (QED) is 0.556. The third kappa shape index (κ3) is 5.23. The highest BCUT2D eigenvalue weighted by Crippen LogP contribution is 2.30. The van der Waals surface area contributed by atoms with E-state index in [1.807, 2.05) is 43.6 Å². The van der Waals surface area contributed by atoms with Crippen molar-refractivity contribution in [2.24, 2.45) is 5.92 Å². The Morgan fingerprint density at radius 3 is 2.77 bits per heavy atom. The zero-order valence-corrected chi connectivity index (χ0v) is 17.9. The number of carbonyl (C=O) groups is 1. The zero-order chi connectivity index (χ0) is 20.8. The molecule has 0 atom stereocenters. The molecule has 0 bridgehead atoms. The molecule has 0 amide bonds. The van der Waals surface area contributed by atoms with Crippen molar-refractivity contribution < 1.29 is 9.53 Å². The van der Waals surface area contributed by atoms with Crippen LogP contribution in [0.25, 0.3) is 10.4 Å². The number of nitrogens with zero attached hydrogens (tertiary/aromatic N) is 3. The first kappa shape index (κ1) is 20.5. The van der Waals surface area contributed by atoms with E-state index >= 15 is 0 Å². The molecule has 156 valence electrons. The number of rotatable bonds is 7. The summed E-state index contributed by atoms with van der Waals surface area (Å²) in [6.07, 6.45) is 5.43. The van der Waals surface area contributed by atoms with Gasteiger partial charge in [-0.2, -0.15) is 0 Å². The maximum Gasteiger partial charge on any atom is 0.309 e. The number of nitrogens with one attached hydrogen (secondary N) is 1. The molecule has 1 aliphatic heterocycles. The lowest BCUT2D eigenvalue weighted by molar-refractivity contribution is -0.149. The lowest BCUT2D eigenvalue weighted by Crippen LogP contribution is -2.36. The van der Waals surface area contributed by atoms with Gasteiger partial charge in [-0.25, -0.2) is 9.97 Å². The monoisotopic (exact) mass is 422 g/mol. The summed E-state index contributed by atoms with van der Waals surface area (Å²) in [5.74, 6) is 0.785. The summed E-state index contributed by atoms with van der Waals surface area (Å²) in [6.45, 7) is 4.97. The molecule has 0 aliphatic carbocycles. The highest BCUT2D eigenvalue weighted by atomic mass is 32.1. The van der Waals surface area contributed by atoms with Gasteiger partial charge in [0.1, 0.15) is 5.82 Å². The Morgan fingerprint density at radius 1 is 1.20 bits per heavy atom. The Bertz CT molecular complexity index is 968. The molecule has 0 spiro atoms. The number of hydrogen-bond donors (Lipinski definition) is 1. The Hall–Kier alpha value is -2.77. The topological polar surface area (TPSA) is 67.3 Å². The number of anilines is 2. The number of pyridine rings is 1. The number of aromatic nitrogens is 2. The van der Waals surface area contributed by atoms with E-state index in [-0.39, 0.29) is 11.9 Å². The van der Waals surface area contributed by atoms with E-state index < -0.39 is 0 Å². The molecular weight excluding hydrogens is 396 g/mol. The minimum absolute atomic E-state index is 0.0413. The fraction of sp³-hybridized carbons (Fsp3) is 0.348. The van der Waals surface area contributed by atoms with Crippen molar-refractivity contribution in [1.82, 2.24) is 14.9 Å². The van der Waals surface area contributed by atoms with E-state index in [0.717, 1.165) is 53.9 Å². The number of ether oxygens (including phenoxy) is 1. The molecule has 1 fully saturated rings.